The van der Waals surface area contributed by atoms with E-state index < -0.39 is 5.54 Å². The van der Waals surface area contributed by atoms with Crippen LogP contribution in [0.2, 0.25) is 0 Å². The summed E-state index contributed by atoms with van der Waals surface area (Å²) in [6.07, 6.45) is 5.14. The molecule has 4 N–H and O–H groups in total. The minimum absolute atomic E-state index is 0.0972. The van der Waals surface area contributed by atoms with E-state index in [1.165, 1.54) is 11.1 Å². The molecule has 1 fully saturated rings. The number of anilines is 1. The summed E-state index contributed by atoms with van der Waals surface area (Å²) in [6, 6.07) is 17.7. The molecular formula is C29H33N7O. The molecule has 1 aliphatic heterocycles. The highest BCUT2D eigenvalue weighted by Gasteiger charge is 2.37. The molecule has 1 unspecified atom stereocenters. The number of aryl methyl sites for hydroxylation is 2. The van der Waals surface area contributed by atoms with Crippen molar-refractivity contribution in [3.63, 3.8) is 0 Å². The number of nitrogens with one attached hydrogen (secondary N) is 4. The highest BCUT2D eigenvalue weighted by Crippen LogP contribution is 2.34. The number of piperidine rings is 1. The average molecular weight is 496 g/mol. The molecule has 1 aliphatic rings. The lowest BCUT2D eigenvalue weighted by Gasteiger charge is -2.37. The molecule has 0 spiro atoms. The smallest absolute Gasteiger partial charge is 0.251 e. The summed E-state index contributed by atoms with van der Waals surface area (Å²) in [5.74, 6) is 1.33. The molecule has 0 bridgehead atoms. The van der Waals surface area contributed by atoms with Crippen LogP contribution in [0.3, 0.4) is 0 Å². The van der Waals surface area contributed by atoms with Crippen molar-refractivity contribution in [2.75, 3.05) is 18.4 Å². The second kappa shape index (κ2) is 10.5. The van der Waals surface area contributed by atoms with E-state index in [1.807, 2.05) is 43.3 Å². The Kier molecular flexibility index (Phi) is 7.01. The van der Waals surface area contributed by atoms with Crippen molar-refractivity contribution in [2.45, 2.75) is 45.2 Å². The first-order chi connectivity index (χ1) is 17.9. The molecule has 8 heteroatoms. The van der Waals surface area contributed by atoms with Crippen LogP contribution in [0.1, 0.15) is 58.7 Å². The predicted molar refractivity (Wildman–Crippen MR) is 145 cm³/mol. The fourth-order valence-corrected chi connectivity index (χ4v) is 4.79. The van der Waals surface area contributed by atoms with Crippen LogP contribution in [0.15, 0.2) is 67.0 Å². The number of carbonyl (C=O) groups excluding carboxylic acids is 1. The first-order valence-corrected chi connectivity index (χ1v) is 12.7. The first-order valence-electron chi connectivity index (χ1n) is 12.7. The lowest BCUT2D eigenvalue weighted by Crippen LogP contribution is -2.46. The molecule has 1 saturated heterocycles. The van der Waals surface area contributed by atoms with Gasteiger partial charge in [-0.15, -0.1) is 0 Å². The van der Waals surface area contributed by atoms with E-state index in [2.05, 4.69) is 63.2 Å². The van der Waals surface area contributed by atoms with Gasteiger partial charge in [-0.25, -0.2) is 4.98 Å². The van der Waals surface area contributed by atoms with Crippen LogP contribution >= 0.6 is 0 Å². The van der Waals surface area contributed by atoms with E-state index in [0.717, 1.165) is 48.6 Å². The monoisotopic (exact) mass is 495 g/mol. The van der Waals surface area contributed by atoms with E-state index in [4.69, 9.17) is 4.98 Å². The molecule has 8 nitrogen and oxygen atoms in total. The maximum absolute atomic E-state index is 13.2. The van der Waals surface area contributed by atoms with Gasteiger partial charge in [0.1, 0.15) is 0 Å². The summed E-state index contributed by atoms with van der Waals surface area (Å²) in [5.41, 5.74) is 5.53. The van der Waals surface area contributed by atoms with Crippen molar-refractivity contribution >= 4 is 11.6 Å². The topological polar surface area (TPSA) is 108 Å². The molecule has 1 atom stereocenters. The minimum atomic E-state index is -0.425. The quantitative estimate of drug-likeness (QED) is 0.297. The van der Waals surface area contributed by atoms with E-state index >= 15 is 0 Å². The van der Waals surface area contributed by atoms with Gasteiger partial charge < -0.3 is 16.0 Å². The van der Waals surface area contributed by atoms with Gasteiger partial charge in [-0.2, -0.15) is 5.10 Å². The van der Waals surface area contributed by atoms with Crippen molar-refractivity contribution in [1.29, 1.82) is 0 Å². The number of aromatic amines is 1. The van der Waals surface area contributed by atoms with Crippen LogP contribution < -0.4 is 16.0 Å². The normalized spacial score (nSPS) is 15.6. The number of pyridine rings is 1. The summed E-state index contributed by atoms with van der Waals surface area (Å²) >= 11 is 0. The van der Waals surface area contributed by atoms with Crippen molar-refractivity contribution < 1.29 is 4.79 Å². The van der Waals surface area contributed by atoms with Crippen LogP contribution in [0.25, 0.3) is 11.4 Å². The zero-order chi connectivity index (χ0) is 25.8. The zero-order valence-electron chi connectivity index (χ0n) is 21.5. The van der Waals surface area contributed by atoms with Gasteiger partial charge in [-0.05, 0) is 93.7 Å². The molecule has 0 aliphatic carbocycles. The van der Waals surface area contributed by atoms with Crippen molar-refractivity contribution in [3.8, 4) is 11.4 Å². The van der Waals surface area contributed by atoms with E-state index in [0.29, 0.717) is 11.4 Å². The lowest BCUT2D eigenvalue weighted by molar-refractivity contribution is 0.0940. The number of hydrogen-bond donors (Lipinski definition) is 4. The number of benzene rings is 2. The molecule has 0 saturated carbocycles. The standard InChI is InChI=1S/C29H33N7O/c1-19-7-8-23(17-20(19)2)21(3)32-27(37)24-5-4-6-25(18-24)34-29(11-15-31-16-12-29)28-33-26(35-36-28)22-9-13-30-14-10-22/h4-10,13-14,17-18,21,31,34H,11-12,15-16H2,1-3H3,(H,32,37)(H,33,35,36). The Morgan fingerprint density at radius 3 is 2.54 bits per heavy atom. The van der Waals surface area contributed by atoms with Gasteiger partial charge in [-0.3, -0.25) is 14.9 Å². The highest BCUT2D eigenvalue weighted by molar-refractivity contribution is 5.95. The van der Waals surface area contributed by atoms with E-state index in [1.54, 1.807) is 12.4 Å². The molecule has 1 amide bonds. The largest absolute Gasteiger partial charge is 0.373 e. The van der Waals surface area contributed by atoms with E-state index in [9.17, 15) is 4.79 Å². The Labute approximate surface area is 217 Å². The SMILES string of the molecule is Cc1ccc(C(C)NC(=O)c2cccc(NC3(c4nc(-c5ccncc5)n[nH]4)CCNCC3)c2)cc1C. The summed E-state index contributed by atoms with van der Waals surface area (Å²) in [7, 11) is 0. The molecule has 2 aromatic heterocycles. The van der Waals surface area contributed by atoms with Crippen LogP contribution in [-0.2, 0) is 5.54 Å². The number of amides is 1. The van der Waals surface area contributed by atoms with Gasteiger partial charge in [0.15, 0.2) is 11.6 Å². The van der Waals surface area contributed by atoms with Gasteiger partial charge in [0, 0.05) is 29.2 Å². The lowest BCUT2D eigenvalue weighted by atomic mass is 9.87. The van der Waals surface area contributed by atoms with Crippen LogP contribution in [0.4, 0.5) is 5.69 Å². The molecular weight excluding hydrogens is 462 g/mol. The third-order valence-electron chi connectivity index (χ3n) is 7.22. The third-order valence-corrected chi connectivity index (χ3v) is 7.22. The number of H-pyrrole nitrogens is 1. The minimum Gasteiger partial charge on any atom is -0.373 e. The van der Waals surface area contributed by atoms with Gasteiger partial charge in [-0.1, -0.05) is 24.3 Å². The molecule has 4 aromatic rings. The van der Waals surface area contributed by atoms with Crippen LogP contribution in [0, 0.1) is 13.8 Å². The molecule has 190 valence electrons. The summed E-state index contributed by atoms with van der Waals surface area (Å²) in [4.78, 5) is 22.1. The Morgan fingerprint density at radius 1 is 1.00 bits per heavy atom. The number of nitrogens with zero attached hydrogens (tertiary/aromatic N) is 3. The van der Waals surface area contributed by atoms with Crippen molar-refractivity contribution in [2.24, 2.45) is 0 Å². The zero-order valence-corrected chi connectivity index (χ0v) is 21.5. The number of carbonyl (C=O) groups is 1. The number of rotatable bonds is 7. The second-order valence-electron chi connectivity index (χ2n) is 9.82. The van der Waals surface area contributed by atoms with Gasteiger partial charge in [0.2, 0.25) is 0 Å². The molecule has 3 heterocycles. The Morgan fingerprint density at radius 2 is 1.78 bits per heavy atom. The first kappa shape index (κ1) is 24.6. The molecule has 37 heavy (non-hydrogen) atoms. The van der Waals surface area contributed by atoms with Crippen LogP contribution in [-0.4, -0.2) is 39.2 Å². The van der Waals surface area contributed by atoms with Crippen LogP contribution in [0.5, 0.6) is 0 Å². The van der Waals surface area contributed by atoms with Gasteiger partial charge >= 0.3 is 0 Å². The summed E-state index contributed by atoms with van der Waals surface area (Å²) < 4.78 is 0. The average Bonchev–Trinajstić information content (AvgIpc) is 3.43. The predicted octanol–water partition coefficient (Wildman–Crippen LogP) is 4.67. The Hall–Kier alpha value is -4.04. The number of aromatic nitrogens is 4. The summed E-state index contributed by atoms with van der Waals surface area (Å²) in [6.45, 7) is 7.90. The number of hydrogen-bond acceptors (Lipinski definition) is 6. The highest BCUT2D eigenvalue weighted by atomic mass is 16.1. The summed E-state index contributed by atoms with van der Waals surface area (Å²) in [5, 5.41) is 17.9. The maximum Gasteiger partial charge on any atom is 0.251 e. The maximum atomic E-state index is 13.2. The molecule has 0 radical (unpaired) electrons. The Balaban J connectivity index is 1.36. The third kappa shape index (κ3) is 5.39. The van der Waals surface area contributed by atoms with Crippen molar-refractivity contribution in [3.05, 3.63) is 95.1 Å². The second-order valence-corrected chi connectivity index (χ2v) is 9.82. The molecule has 2 aromatic carbocycles. The van der Waals surface area contributed by atoms with Crippen molar-refractivity contribution in [1.82, 2.24) is 30.8 Å². The van der Waals surface area contributed by atoms with Gasteiger partial charge in [0.05, 0.1) is 11.6 Å². The molecule has 5 rings (SSSR count). The Bertz CT molecular complexity index is 1380. The van der Waals surface area contributed by atoms with Gasteiger partial charge in [0.25, 0.3) is 5.91 Å². The fourth-order valence-electron chi connectivity index (χ4n) is 4.79. The van der Waals surface area contributed by atoms with E-state index in [-0.39, 0.29) is 11.9 Å². The fraction of sp³-hybridized carbons (Fsp3) is 0.310.